The van der Waals surface area contributed by atoms with Crippen LogP contribution in [0.2, 0.25) is 0 Å². The Labute approximate surface area is 80.8 Å². The summed E-state index contributed by atoms with van der Waals surface area (Å²) in [6.45, 7) is 0. The second kappa shape index (κ2) is 4.62. The van der Waals surface area contributed by atoms with Crippen LogP contribution in [-0.2, 0) is 6.42 Å². The topological polar surface area (TPSA) is 0 Å². The molecular weight excluding hydrogens is 220 g/mol. The largest absolute Gasteiger partial charge is 0.0837 e. The Kier molecular flexibility index (Phi) is 3.73. The molecule has 0 fully saturated rings. The Balaban J connectivity index is 2.58. The summed E-state index contributed by atoms with van der Waals surface area (Å²) in [5.74, 6) is 0. The van der Waals surface area contributed by atoms with Gasteiger partial charge in [-0.3, -0.25) is 0 Å². The SMILES string of the molecule is S=[C]CCc1ccc(Br)cc1. The first-order valence-corrected chi connectivity index (χ1v) is 4.62. The van der Waals surface area contributed by atoms with Crippen molar-refractivity contribution in [2.24, 2.45) is 0 Å². The Bertz CT molecular complexity index is 228. The van der Waals surface area contributed by atoms with Gasteiger partial charge in [0.05, 0.1) is 0 Å². The van der Waals surface area contributed by atoms with Gasteiger partial charge >= 0.3 is 0 Å². The van der Waals surface area contributed by atoms with Gasteiger partial charge in [-0.25, -0.2) is 0 Å². The molecule has 0 aromatic heterocycles. The molecule has 0 bridgehead atoms. The zero-order valence-electron chi connectivity index (χ0n) is 6.01. The van der Waals surface area contributed by atoms with Crippen molar-refractivity contribution >= 4 is 33.5 Å². The van der Waals surface area contributed by atoms with Gasteiger partial charge in [-0.05, 0) is 30.5 Å². The molecule has 0 saturated heterocycles. The molecule has 0 spiro atoms. The molecule has 0 aliphatic carbocycles. The molecule has 0 unspecified atom stereocenters. The minimum atomic E-state index is 0.858. The quantitative estimate of drug-likeness (QED) is 0.715. The Morgan fingerprint density at radius 1 is 1.27 bits per heavy atom. The number of halogens is 1. The van der Waals surface area contributed by atoms with E-state index in [-0.39, 0.29) is 0 Å². The molecule has 11 heavy (non-hydrogen) atoms. The van der Waals surface area contributed by atoms with E-state index in [4.69, 9.17) is 0 Å². The van der Waals surface area contributed by atoms with E-state index in [1.54, 1.807) is 0 Å². The lowest BCUT2D eigenvalue weighted by Crippen LogP contribution is -1.83. The van der Waals surface area contributed by atoms with Crippen LogP contribution in [0, 0.1) is 0 Å². The van der Waals surface area contributed by atoms with E-state index >= 15 is 0 Å². The fraction of sp³-hybridized carbons (Fsp3) is 0.222. The monoisotopic (exact) mass is 227 g/mol. The van der Waals surface area contributed by atoms with Crippen molar-refractivity contribution in [3.63, 3.8) is 0 Å². The van der Waals surface area contributed by atoms with Crippen molar-refractivity contribution < 1.29 is 0 Å². The lowest BCUT2D eigenvalue weighted by Gasteiger charge is -1.96. The molecule has 1 rings (SSSR count). The van der Waals surface area contributed by atoms with Crippen molar-refractivity contribution in [2.75, 3.05) is 0 Å². The summed E-state index contributed by atoms with van der Waals surface area (Å²) < 4.78 is 1.12. The molecule has 0 aliphatic rings. The van der Waals surface area contributed by atoms with Crippen LogP contribution < -0.4 is 0 Å². The molecule has 1 aromatic carbocycles. The molecule has 57 valence electrons. The fourth-order valence-electron chi connectivity index (χ4n) is 0.846. The molecule has 0 N–H and O–H groups in total. The maximum absolute atomic E-state index is 4.62. The average Bonchev–Trinajstić information content (AvgIpc) is 2.04. The van der Waals surface area contributed by atoms with Gasteiger partial charge in [-0.2, -0.15) is 0 Å². The first-order valence-electron chi connectivity index (χ1n) is 3.42. The summed E-state index contributed by atoms with van der Waals surface area (Å²) in [6, 6.07) is 8.27. The van der Waals surface area contributed by atoms with E-state index in [1.165, 1.54) is 5.56 Å². The van der Waals surface area contributed by atoms with Crippen LogP contribution in [0.3, 0.4) is 0 Å². The van der Waals surface area contributed by atoms with Gasteiger partial charge in [-0.15, -0.1) is 0 Å². The van der Waals surface area contributed by atoms with Crippen LogP contribution in [-0.4, -0.2) is 5.37 Å². The van der Waals surface area contributed by atoms with Gasteiger partial charge in [0.2, 0.25) is 0 Å². The normalized spacial score (nSPS) is 9.55. The second-order valence-corrected chi connectivity index (χ2v) is 3.48. The Morgan fingerprint density at radius 3 is 2.45 bits per heavy atom. The molecule has 0 amide bonds. The highest BCUT2D eigenvalue weighted by molar-refractivity contribution is 9.10. The highest BCUT2D eigenvalue weighted by Crippen LogP contribution is 2.11. The van der Waals surface area contributed by atoms with Crippen molar-refractivity contribution in [1.82, 2.24) is 0 Å². The van der Waals surface area contributed by atoms with Gasteiger partial charge in [0.1, 0.15) is 0 Å². The summed E-state index contributed by atoms with van der Waals surface area (Å²) in [7, 11) is 0. The van der Waals surface area contributed by atoms with Crippen molar-refractivity contribution in [3.05, 3.63) is 34.3 Å². The highest BCUT2D eigenvalue weighted by Gasteiger charge is 1.90. The average molecular weight is 228 g/mol. The number of hydrogen-bond donors (Lipinski definition) is 0. The van der Waals surface area contributed by atoms with Crippen LogP contribution in [0.5, 0.6) is 0 Å². The molecule has 0 saturated carbocycles. The zero-order valence-corrected chi connectivity index (χ0v) is 8.41. The maximum Gasteiger partial charge on any atom is 0.0294 e. The van der Waals surface area contributed by atoms with Gasteiger partial charge < -0.3 is 0 Å². The number of hydrogen-bond acceptors (Lipinski definition) is 1. The van der Waals surface area contributed by atoms with Gasteiger partial charge in [-0.1, -0.05) is 40.3 Å². The highest BCUT2D eigenvalue weighted by atomic mass is 79.9. The van der Waals surface area contributed by atoms with Crippen molar-refractivity contribution in [1.29, 1.82) is 0 Å². The van der Waals surface area contributed by atoms with Crippen molar-refractivity contribution in [3.8, 4) is 0 Å². The van der Waals surface area contributed by atoms with Crippen LogP contribution >= 0.6 is 28.1 Å². The Morgan fingerprint density at radius 2 is 1.91 bits per heavy atom. The number of rotatable bonds is 3. The minimum absolute atomic E-state index is 0.858. The summed E-state index contributed by atoms with van der Waals surface area (Å²) in [5, 5.41) is 2.70. The molecular formula is C9H8BrS. The first kappa shape index (κ1) is 8.88. The lowest BCUT2D eigenvalue weighted by atomic mass is 10.1. The maximum atomic E-state index is 4.62. The number of aryl methyl sites for hydroxylation is 1. The number of benzene rings is 1. The Hall–Kier alpha value is -0.210. The summed E-state index contributed by atoms with van der Waals surface area (Å²) in [4.78, 5) is 0. The van der Waals surface area contributed by atoms with Gasteiger partial charge in [0, 0.05) is 9.84 Å². The smallest absolute Gasteiger partial charge is 0.0294 e. The van der Waals surface area contributed by atoms with Crippen molar-refractivity contribution in [2.45, 2.75) is 12.8 Å². The molecule has 0 atom stereocenters. The molecule has 2 heteroatoms. The lowest BCUT2D eigenvalue weighted by molar-refractivity contribution is 1.06. The standard InChI is InChI=1S/C9H8BrS/c10-9-5-3-8(4-6-9)2-1-7-11/h3-6H,1-2H2. The predicted molar refractivity (Wildman–Crippen MR) is 55.1 cm³/mol. The zero-order chi connectivity index (χ0) is 8.10. The predicted octanol–water partition coefficient (Wildman–Crippen LogP) is 3.26. The molecule has 0 nitrogen and oxygen atoms in total. The van der Waals surface area contributed by atoms with Crippen LogP contribution in [0.1, 0.15) is 12.0 Å². The number of thiocarbonyl (C=S) groups is 1. The third-order valence-corrected chi connectivity index (χ3v) is 2.16. The van der Waals surface area contributed by atoms with E-state index in [0.29, 0.717) is 0 Å². The van der Waals surface area contributed by atoms with E-state index in [9.17, 15) is 0 Å². The second-order valence-electron chi connectivity index (χ2n) is 2.27. The van der Waals surface area contributed by atoms with Crippen LogP contribution in [0.25, 0.3) is 0 Å². The van der Waals surface area contributed by atoms with Crippen LogP contribution in [0.4, 0.5) is 0 Å². The third kappa shape index (κ3) is 3.12. The summed E-state index contributed by atoms with van der Waals surface area (Å²) in [6.07, 6.45) is 1.85. The minimum Gasteiger partial charge on any atom is -0.0837 e. The first-order chi connectivity index (χ1) is 5.33. The van der Waals surface area contributed by atoms with E-state index in [2.05, 4.69) is 45.6 Å². The van der Waals surface area contributed by atoms with E-state index in [1.807, 2.05) is 12.1 Å². The molecule has 0 heterocycles. The van der Waals surface area contributed by atoms with Crippen LogP contribution in [0.15, 0.2) is 28.7 Å². The molecule has 1 aromatic rings. The molecule has 0 aliphatic heterocycles. The molecule has 1 radical (unpaired) electrons. The van der Waals surface area contributed by atoms with Gasteiger partial charge in [0.25, 0.3) is 0 Å². The third-order valence-electron chi connectivity index (χ3n) is 1.43. The summed E-state index contributed by atoms with van der Waals surface area (Å²) >= 11 is 8.00. The fourth-order valence-corrected chi connectivity index (χ4v) is 1.21. The van der Waals surface area contributed by atoms with E-state index < -0.39 is 0 Å². The van der Waals surface area contributed by atoms with Gasteiger partial charge in [0.15, 0.2) is 0 Å². The summed E-state index contributed by atoms with van der Waals surface area (Å²) in [5.41, 5.74) is 1.31. The van der Waals surface area contributed by atoms with E-state index in [0.717, 1.165) is 17.3 Å².